The topological polar surface area (TPSA) is 89.8 Å². The summed E-state index contributed by atoms with van der Waals surface area (Å²) in [6.07, 6.45) is 0.788. The average molecular weight is 414 g/mol. The van der Waals surface area contributed by atoms with Gasteiger partial charge in [0, 0.05) is 17.0 Å². The number of nitrogens with one attached hydrogen (secondary N) is 2. The predicted octanol–water partition coefficient (Wildman–Crippen LogP) is 5.11. The molecule has 7 nitrogen and oxygen atoms in total. The lowest BCUT2D eigenvalue weighted by atomic mass is 10.1. The summed E-state index contributed by atoms with van der Waals surface area (Å²) >= 11 is 0. The molecule has 8 heteroatoms. The van der Waals surface area contributed by atoms with Gasteiger partial charge in [-0.3, -0.25) is 10.1 Å². The van der Waals surface area contributed by atoms with E-state index in [1.54, 1.807) is 46.1 Å². The number of benzene rings is 2. The van der Waals surface area contributed by atoms with E-state index in [0.29, 0.717) is 16.9 Å². The number of halogens is 1. The highest BCUT2D eigenvalue weighted by molar-refractivity contribution is 6.00. The molecule has 0 aliphatic carbocycles. The minimum atomic E-state index is -0.709. The van der Waals surface area contributed by atoms with Crippen LogP contribution in [0.3, 0.4) is 0 Å². The third-order valence-corrected chi connectivity index (χ3v) is 4.11. The van der Waals surface area contributed by atoms with Gasteiger partial charge < -0.3 is 19.2 Å². The summed E-state index contributed by atoms with van der Waals surface area (Å²) in [5.74, 6) is -0.308. The Morgan fingerprint density at radius 2 is 1.83 bits per heavy atom. The number of anilines is 2. The fraction of sp³-hybridized carbons (Fsp3) is 0.273. The summed E-state index contributed by atoms with van der Waals surface area (Å²) in [5.41, 5.74) is 0.915. The number of carbonyl (C=O) groups excluding carboxylic acids is 2. The fourth-order valence-corrected chi connectivity index (χ4v) is 2.84. The maximum Gasteiger partial charge on any atom is 0.412 e. The van der Waals surface area contributed by atoms with Crippen LogP contribution in [-0.2, 0) is 16.0 Å². The quantitative estimate of drug-likeness (QED) is 0.606. The third kappa shape index (κ3) is 5.28. The van der Waals surface area contributed by atoms with E-state index in [2.05, 4.69) is 10.6 Å². The van der Waals surface area contributed by atoms with Crippen molar-refractivity contribution in [3.05, 3.63) is 54.0 Å². The van der Waals surface area contributed by atoms with E-state index in [-0.39, 0.29) is 17.8 Å². The van der Waals surface area contributed by atoms with Gasteiger partial charge in [-0.05, 0) is 51.1 Å². The Balaban J connectivity index is 1.75. The van der Waals surface area contributed by atoms with Crippen molar-refractivity contribution in [2.75, 3.05) is 17.7 Å². The van der Waals surface area contributed by atoms with Gasteiger partial charge in [-0.25, -0.2) is 9.18 Å². The van der Waals surface area contributed by atoms with Crippen molar-refractivity contribution < 1.29 is 27.9 Å². The molecule has 0 aliphatic heterocycles. The molecule has 1 aromatic heterocycles. The average Bonchev–Trinajstić information content (AvgIpc) is 3.04. The first-order valence-electron chi connectivity index (χ1n) is 9.28. The number of methoxy groups -OCH3 is 1. The van der Waals surface area contributed by atoms with Crippen molar-refractivity contribution in [2.45, 2.75) is 32.8 Å². The van der Waals surface area contributed by atoms with Crippen LogP contribution in [0.15, 0.2) is 47.1 Å². The van der Waals surface area contributed by atoms with Gasteiger partial charge >= 0.3 is 6.09 Å². The third-order valence-electron chi connectivity index (χ3n) is 4.11. The molecule has 2 aromatic carbocycles. The molecule has 3 aromatic rings. The van der Waals surface area contributed by atoms with E-state index in [1.807, 2.05) is 0 Å². The SMILES string of the molecule is COc1ccc2c(CC(=O)Nc3cc(F)ccc3NC(=O)OC(C)(C)C)coc2c1. The number of hydrogen-bond donors (Lipinski definition) is 2. The zero-order chi connectivity index (χ0) is 21.9. The molecule has 0 radical (unpaired) electrons. The molecule has 0 saturated heterocycles. The van der Waals surface area contributed by atoms with Gasteiger partial charge in [0.2, 0.25) is 5.91 Å². The summed E-state index contributed by atoms with van der Waals surface area (Å²) in [6, 6.07) is 8.97. The van der Waals surface area contributed by atoms with Crippen LogP contribution < -0.4 is 15.4 Å². The first kappa shape index (κ1) is 21.2. The molecule has 0 spiro atoms. The van der Waals surface area contributed by atoms with E-state index in [9.17, 15) is 14.0 Å². The van der Waals surface area contributed by atoms with Gasteiger partial charge in [0.05, 0.1) is 31.2 Å². The minimum absolute atomic E-state index is 0.00171. The second-order valence-corrected chi connectivity index (χ2v) is 7.66. The van der Waals surface area contributed by atoms with Crippen LogP contribution in [0.5, 0.6) is 5.75 Å². The second-order valence-electron chi connectivity index (χ2n) is 7.66. The number of hydrogen-bond acceptors (Lipinski definition) is 5. The number of rotatable bonds is 5. The Bertz CT molecular complexity index is 1080. The van der Waals surface area contributed by atoms with E-state index in [1.165, 1.54) is 18.4 Å². The molecular weight excluding hydrogens is 391 g/mol. The summed E-state index contributed by atoms with van der Waals surface area (Å²) in [6.45, 7) is 5.18. The molecule has 0 atom stereocenters. The standard InChI is InChI=1S/C22H23FN2O5/c1-22(2,3)30-21(27)25-17-8-5-14(23)10-18(17)24-20(26)9-13-12-29-19-11-15(28-4)6-7-16(13)19/h5-8,10-12H,9H2,1-4H3,(H,24,26)(H,25,27). The lowest BCUT2D eigenvalue weighted by molar-refractivity contribution is -0.115. The first-order chi connectivity index (χ1) is 14.1. The Morgan fingerprint density at radius 3 is 2.53 bits per heavy atom. The molecule has 2 amide bonds. The van der Waals surface area contributed by atoms with Crippen LogP contribution in [0, 0.1) is 5.82 Å². The lowest BCUT2D eigenvalue weighted by Gasteiger charge is -2.20. The highest BCUT2D eigenvalue weighted by Crippen LogP contribution is 2.27. The number of carbonyl (C=O) groups is 2. The monoisotopic (exact) mass is 414 g/mol. The Morgan fingerprint density at radius 1 is 1.07 bits per heavy atom. The first-order valence-corrected chi connectivity index (χ1v) is 9.28. The van der Waals surface area contributed by atoms with Crippen LogP contribution >= 0.6 is 0 Å². The minimum Gasteiger partial charge on any atom is -0.497 e. The molecule has 0 fully saturated rings. The fourth-order valence-electron chi connectivity index (χ4n) is 2.84. The largest absolute Gasteiger partial charge is 0.497 e. The number of ether oxygens (including phenoxy) is 2. The van der Waals surface area contributed by atoms with Crippen LogP contribution in [0.4, 0.5) is 20.6 Å². The molecular formula is C22H23FN2O5. The lowest BCUT2D eigenvalue weighted by Crippen LogP contribution is -2.27. The zero-order valence-corrected chi connectivity index (χ0v) is 17.2. The molecule has 1 heterocycles. The normalized spacial score (nSPS) is 11.2. The molecule has 2 N–H and O–H groups in total. The molecule has 0 unspecified atom stereocenters. The summed E-state index contributed by atoms with van der Waals surface area (Å²) in [4.78, 5) is 24.6. The van der Waals surface area contributed by atoms with Crippen molar-refractivity contribution in [1.82, 2.24) is 0 Å². The number of fused-ring (bicyclic) bond motifs is 1. The number of amides is 2. The Hall–Kier alpha value is -3.55. The van der Waals surface area contributed by atoms with Crippen LogP contribution in [0.1, 0.15) is 26.3 Å². The van der Waals surface area contributed by atoms with Crippen molar-refractivity contribution in [2.24, 2.45) is 0 Å². The van der Waals surface area contributed by atoms with Crippen LogP contribution in [0.2, 0.25) is 0 Å². The maximum atomic E-state index is 13.7. The van der Waals surface area contributed by atoms with Gasteiger partial charge in [0.15, 0.2) is 0 Å². The van der Waals surface area contributed by atoms with E-state index in [4.69, 9.17) is 13.9 Å². The van der Waals surface area contributed by atoms with E-state index >= 15 is 0 Å². The van der Waals surface area contributed by atoms with Gasteiger partial charge in [0.1, 0.15) is 22.8 Å². The van der Waals surface area contributed by atoms with Gasteiger partial charge in [-0.15, -0.1) is 0 Å². The summed E-state index contributed by atoms with van der Waals surface area (Å²) in [7, 11) is 1.56. The highest BCUT2D eigenvalue weighted by atomic mass is 19.1. The molecule has 0 bridgehead atoms. The van der Waals surface area contributed by atoms with Gasteiger partial charge in [0.25, 0.3) is 0 Å². The predicted molar refractivity (Wildman–Crippen MR) is 111 cm³/mol. The summed E-state index contributed by atoms with van der Waals surface area (Å²) in [5, 5.41) is 5.93. The Kier molecular flexibility index (Phi) is 5.96. The molecule has 0 aliphatic rings. The Labute approximate surface area is 173 Å². The number of furan rings is 1. The van der Waals surface area contributed by atoms with Crippen molar-refractivity contribution in [3.63, 3.8) is 0 Å². The van der Waals surface area contributed by atoms with Crippen LogP contribution in [0.25, 0.3) is 11.0 Å². The molecule has 158 valence electrons. The van der Waals surface area contributed by atoms with E-state index < -0.39 is 23.4 Å². The second kappa shape index (κ2) is 8.44. The highest BCUT2D eigenvalue weighted by Gasteiger charge is 2.19. The molecule has 30 heavy (non-hydrogen) atoms. The zero-order valence-electron chi connectivity index (χ0n) is 17.2. The summed E-state index contributed by atoms with van der Waals surface area (Å²) < 4.78 is 29.6. The van der Waals surface area contributed by atoms with Crippen molar-refractivity contribution in [3.8, 4) is 5.75 Å². The van der Waals surface area contributed by atoms with Crippen molar-refractivity contribution >= 4 is 34.3 Å². The maximum absolute atomic E-state index is 13.7. The van der Waals surface area contributed by atoms with Gasteiger partial charge in [-0.1, -0.05) is 0 Å². The van der Waals surface area contributed by atoms with Gasteiger partial charge in [-0.2, -0.15) is 0 Å². The molecule has 3 rings (SSSR count). The smallest absolute Gasteiger partial charge is 0.412 e. The van der Waals surface area contributed by atoms with E-state index in [0.717, 1.165) is 11.5 Å². The van der Waals surface area contributed by atoms with Crippen LogP contribution in [-0.4, -0.2) is 24.7 Å². The van der Waals surface area contributed by atoms with Crippen molar-refractivity contribution in [1.29, 1.82) is 0 Å². The molecule has 0 saturated carbocycles.